The Balaban J connectivity index is 1.41. The van der Waals surface area contributed by atoms with Crippen molar-refractivity contribution in [3.05, 3.63) is 158 Å². The van der Waals surface area contributed by atoms with Gasteiger partial charge < -0.3 is 13.6 Å². The third-order valence-electron chi connectivity index (χ3n) is 9.29. The summed E-state index contributed by atoms with van der Waals surface area (Å²) < 4.78 is 11.4. The highest BCUT2D eigenvalue weighted by Crippen LogP contribution is 2.44. The number of hydrogen-bond acceptors (Lipinski definition) is 1. The van der Waals surface area contributed by atoms with E-state index in [1.165, 1.54) is 38.3 Å². The van der Waals surface area contributed by atoms with E-state index in [1.807, 2.05) is 6.07 Å². The zero-order chi connectivity index (χ0) is 29.5. The average Bonchev–Trinajstić information content (AvgIpc) is 3.75. The lowest BCUT2D eigenvalue weighted by Crippen LogP contribution is -1.95. The van der Waals surface area contributed by atoms with Gasteiger partial charge in [-0.15, -0.1) is 0 Å². The van der Waals surface area contributed by atoms with Crippen molar-refractivity contribution in [3.63, 3.8) is 0 Å². The Bertz CT molecular complexity index is 2730. The number of para-hydroxylation sites is 3. The van der Waals surface area contributed by atoms with Crippen molar-refractivity contribution in [2.24, 2.45) is 0 Å². The zero-order valence-corrected chi connectivity index (χ0v) is 24.3. The van der Waals surface area contributed by atoms with E-state index in [0.29, 0.717) is 0 Å². The quantitative estimate of drug-likeness (QED) is 0.206. The molecule has 0 aliphatic rings. The standard InChI is InChI=1S/C42H26N2O/c1-4-12-27(13-5-1)28-20-22-36-33(24-28)34-25-35-39(26-38(34)43(36)29-14-6-2-7-15-29)44(30-16-8-3-9-17-30)37-23-21-32-31-18-10-11-19-40(31)45-42(32)41(35)37/h1-26H. The van der Waals surface area contributed by atoms with Crippen LogP contribution in [0.3, 0.4) is 0 Å². The number of nitrogens with zero attached hydrogens (tertiary/aromatic N) is 2. The average molecular weight is 575 g/mol. The van der Waals surface area contributed by atoms with Gasteiger partial charge in [-0.1, -0.05) is 91.0 Å². The largest absolute Gasteiger partial charge is 0.455 e. The highest BCUT2D eigenvalue weighted by Gasteiger charge is 2.22. The molecule has 3 heterocycles. The van der Waals surface area contributed by atoms with Crippen molar-refractivity contribution in [2.75, 3.05) is 0 Å². The van der Waals surface area contributed by atoms with Crippen LogP contribution in [0.4, 0.5) is 0 Å². The van der Waals surface area contributed by atoms with E-state index in [2.05, 4.69) is 161 Å². The van der Waals surface area contributed by atoms with E-state index < -0.39 is 0 Å². The van der Waals surface area contributed by atoms with Crippen molar-refractivity contribution in [1.29, 1.82) is 0 Å². The number of aromatic nitrogens is 2. The lowest BCUT2D eigenvalue weighted by molar-refractivity contribution is 0.673. The van der Waals surface area contributed by atoms with Crippen molar-refractivity contribution in [2.45, 2.75) is 0 Å². The predicted octanol–water partition coefficient (Wildman–Crippen LogP) is 11.4. The van der Waals surface area contributed by atoms with E-state index >= 15 is 0 Å². The molecule has 0 aliphatic heterocycles. The van der Waals surface area contributed by atoms with Gasteiger partial charge in [0.25, 0.3) is 0 Å². The summed E-state index contributed by atoms with van der Waals surface area (Å²) in [7, 11) is 0. The van der Waals surface area contributed by atoms with E-state index in [0.717, 1.165) is 49.7 Å². The molecule has 0 atom stereocenters. The van der Waals surface area contributed by atoms with Crippen molar-refractivity contribution >= 4 is 65.6 Å². The fraction of sp³-hybridized carbons (Fsp3) is 0. The highest BCUT2D eigenvalue weighted by molar-refractivity contribution is 6.27. The predicted molar refractivity (Wildman–Crippen MR) is 188 cm³/mol. The lowest BCUT2D eigenvalue weighted by Gasteiger charge is -2.10. The molecule has 0 saturated carbocycles. The first kappa shape index (κ1) is 24.4. The van der Waals surface area contributed by atoms with E-state index in [1.54, 1.807) is 0 Å². The normalized spacial score (nSPS) is 12.0. The second-order valence-corrected chi connectivity index (χ2v) is 11.8. The summed E-state index contributed by atoms with van der Waals surface area (Å²) in [5, 5.41) is 7.06. The van der Waals surface area contributed by atoms with Crippen molar-refractivity contribution in [1.82, 2.24) is 9.13 Å². The van der Waals surface area contributed by atoms with Gasteiger partial charge in [-0.05, 0) is 77.9 Å². The molecule has 0 amide bonds. The van der Waals surface area contributed by atoms with E-state index in [9.17, 15) is 0 Å². The molecule has 10 aromatic rings. The Hall–Kier alpha value is -6.06. The number of furan rings is 1. The van der Waals surface area contributed by atoms with Crippen LogP contribution in [-0.2, 0) is 0 Å². The molecule has 0 radical (unpaired) electrons. The maximum Gasteiger partial charge on any atom is 0.145 e. The molecule has 0 N–H and O–H groups in total. The lowest BCUT2D eigenvalue weighted by atomic mass is 10.0. The van der Waals surface area contributed by atoms with Gasteiger partial charge in [0.05, 0.1) is 27.5 Å². The zero-order valence-electron chi connectivity index (χ0n) is 24.3. The van der Waals surface area contributed by atoms with Crippen molar-refractivity contribution < 1.29 is 4.42 Å². The second kappa shape index (κ2) is 9.22. The molecule has 3 aromatic heterocycles. The molecular formula is C42H26N2O. The molecule has 10 rings (SSSR count). The summed E-state index contributed by atoms with van der Waals surface area (Å²) in [6, 6.07) is 56.5. The van der Waals surface area contributed by atoms with Crippen LogP contribution in [-0.4, -0.2) is 9.13 Å². The van der Waals surface area contributed by atoms with Gasteiger partial charge >= 0.3 is 0 Å². The number of benzene rings is 7. The first-order chi connectivity index (χ1) is 22.3. The Morgan fingerprint density at radius 3 is 1.71 bits per heavy atom. The molecule has 0 unspecified atom stereocenters. The summed E-state index contributed by atoms with van der Waals surface area (Å²) in [5.74, 6) is 0. The van der Waals surface area contributed by atoms with Gasteiger partial charge in [-0.3, -0.25) is 0 Å². The van der Waals surface area contributed by atoms with Gasteiger partial charge in [-0.25, -0.2) is 0 Å². The summed E-state index contributed by atoms with van der Waals surface area (Å²) in [6.07, 6.45) is 0. The Morgan fingerprint density at radius 2 is 0.956 bits per heavy atom. The van der Waals surface area contributed by atoms with Gasteiger partial charge in [0.2, 0.25) is 0 Å². The molecule has 210 valence electrons. The summed E-state index contributed by atoms with van der Waals surface area (Å²) in [5.41, 5.74) is 11.2. The van der Waals surface area contributed by atoms with Crippen LogP contribution in [0.2, 0.25) is 0 Å². The number of hydrogen-bond donors (Lipinski definition) is 0. The Morgan fingerprint density at radius 1 is 0.356 bits per heavy atom. The van der Waals surface area contributed by atoms with Crippen LogP contribution >= 0.6 is 0 Å². The summed E-state index contributed by atoms with van der Waals surface area (Å²) in [6.45, 7) is 0. The smallest absolute Gasteiger partial charge is 0.145 e. The first-order valence-electron chi connectivity index (χ1n) is 15.4. The Kier molecular flexibility index (Phi) is 5.00. The highest BCUT2D eigenvalue weighted by atomic mass is 16.3. The van der Waals surface area contributed by atoms with Gasteiger partial charge in [-0.2, -0.15) is 0 Å². The summed E-state index contributed by atoms with van der Waals surface area (Å²) in [4.78, 5) is 0. The van der Waals surface area contributed by atoms with Crippen LogP contribution in [0.15, 0.2) is 162 Å². The van der Waals surface area contributed by atoms with Gasteiger partial charge in [0.15, 0.2) is 0 Å². The van der Waals surface area contributed by atoms with Crippen LogP contribution in [0, 0.1) is 0 Å². The van der Waals surface area contributed by atoms with Crippen LogP contribution in [0.5, 0.6) is 0 Å². The molecule has 0 saturated heterocycles. The summed E-state index contributed by atoms with van der Waals surface area (Å²) >= 11 is 0. The molecule has 0 bridgehead atoms. The van der Waals surface area contributed by atoms with E-state index in [4.69, 9.17) is 4.42 Å². The monoisotopic (exact) mass is 574 g/mol. The maximum atomic E-state index is 6.66. The first-order valence-corrected chi connectivity index (χ1v) is 15.4. The molecule has 0 spiro atoms. The third kappa shape index (κ3) is 3.46. The molecule has 3 heteroatoms. The minimum Gasteiger partial charge on any atom is -0.455 e. The third-order valence-corrected chi connectivity index (χ3v) is 9.29. The minimum atomic E-state index is 0.912. The topological polar surface area (TPSA) is 23.0 Å². The van der Waals surface area contributed by atoms with Crippen LogP contribution in [0.25, 0.3) is 88.1 Å². The minimum absolute atomic E-state index is 0.912. The molecule has 0 aliphatic carbocycles. The fourth-order valence-electron chi connectivity index (χ4n) is 7.32. The van der Waals surface area contributed by atoms with Crippen LogP contribution < -0.4 is 0 Å². The van der Waals surface area contributed by atoms with Crippen LogP contribution in [0.1, 0.15) is 0 Å². The maximum absolute atomic E-state index is 6.66. The van der Waals surface area contributed by atoms with Gasteiger partial charge in [0.1, 0.15) is 11.2 Å². The molecule has 0 fully saturated rings. The molecule has 3 nitrogen and oxygen atoms in total. The molecular weight excluding hydrogens is 548 g/mol. The Labute approximate surface area is 258 Å². The molecule has 45 heavy (non-hydrogen) atoms. The van der Waals surface area contributed by atoms with E-state index in [-0.39, 0.29) is 0 Å². The second-order valence-electron chi connectivity index (χ2n) is 11.8. The SMILES string of the molecule is c1ccc(-c2ccc3c(c2)c2cc4c5c6oc7ccccc7c6ccc5n(-c5ccccc5)c4cc2n3-c2ccccc2)cc1. The van der Waals surface area contributed by atoms with Crippen molar-refractivity contribution in [3.8, 4) is 22.5 Å². The molecule has 7 aromatic carbocycles. The number of fused-ring (bicyclic) bond motifs is 10. The number of rotatable bonds is 3. The fourth-order valence-corrected chi connectivity index (χ4v) is 7.32. The van der Waals surface area contributed by atoms with Gasteiger partial charge in [0, 0.05) is 38.3 Å².